The number of aliphatic hydroxyl groups excluding tert-OH is 1. The zero-order valence-electron chi connectivity index (χ0n) is 12.4. The number of urea groups is 1. The fourth-order valence-corrected chi connectivity index (χ4v) is 4.26. The minimum atomic E-state index is -0.910. The zero-order valence-corrected chi connectivity index (χ0v) is 13.2. The molecule has 2 rings (SSSR count). The van der Waals surface area contributed by atoms with E-state index in [-0.39, 0.29) is 18.0 Å². The first-order chi connectivity index (χ1) is 10.1. The van der Waals surface area contributed by atoms with E-state index in [0.29, 0.717) is 18.2 Å². The molecule has 1 saturated heterocycles. The lowest BCUT2D eigenvalue weighted by atomic mass is 10.2. The predicted molar refractivity (Wildman–Crippen MR) is 81.2 cm³/mol. The third kappa shape index (κ3) is 4.03. The second-order valence-electron chi connectivity index (χ2n) is 5.81. The number of rotatable bonds is 7. The number of carbonyl (C=O) groups is 2. The molecule has 1 heterocycles. The van der Waals surface area contributed by atoms with Gasteiger partial charge >= 0.3 is 12.0 Å². The van der Waals surface area contributed by atoms with Crippen LogP contribution in [0.15, 0.2) is 0 Å². The van der Waals surface area contributed by atoms with Gasteiger partial charge in [0.25, 0.3) is 0 Å². The fraction of sp³-hybridized carbons (Fsp3) is 0.857. The first kappa shape index (κ1) is 16.4. The minimum Gasteiger partial charge on any atom is -0.480 e. The molecule has 120 valence electrons. The number of aliphatic hydroxyl groups is 1. The topological polar surface area (TPSA) is 81.1 Å². The summed E-state index contributed by atoms with van der Waals surface area (Å²) in [5, 5.41) is 18.1. The van der Waals surface area contributed by atoms with E-state index in [0.717, 1.165) is 32.1 Å². The van der Waals surface area contributed by atoms with Crippen molar-refractivity contribution in [3.05, 3.63) is 0 Å². The molecular weight excluding hydrogens is 292 g/mol. The van der Waals surface area contributed by atoms with Crippen molar-refractivity contribution < 1.29 is 19.8 Å². The average Bonchev–Trinajstić information content (AvgIpc) is 3.20. The van der Waals surface area contributed by atoms with E-state index in [1.807, 2.05) is 0 Å². The molecule has 2 unspecified atom stereocenters. The molecule has 2 atom stereocenters. The maximum Gasteiger partial charge on any atom is 0.327 e. The van der Waals surface area contributed by atoms with Crippen molar-refractivity contribution in [2.75, 3.05) is 26.0 Å². The standard InChI is InChI=1S/C14H24N2O4S/c1-15(7-3-2-4-8-17)14(20)16-11(13(18)19)9-21-12(16)10-5-6-10/h10-12,17H,2-9H2,1H3,(H,18,19). The summed E-state index contributed by atoms with van der Waals surface area (Å²) in [7, 11) is 1.73. The van der Waals surface area contributed by atoms with Gasteiger partial charge in [-0.1, -0.05) is 0 Å². The van der Waals surface area contributed by atoms with Crippen LogP contribution in [0.3, 0.4) is 0 Å². The highest BCUT2D eigenvalue weighted by molar-refractivity contribution is 8.00. The van der Waals surface area contributed by atoms with Gasteiger partial charge < -0.3 is 15.1 Å². The first-order valence-corrected chi connectivity index (χ1v) is 8.60. The molecule has 6 nitrogen and oxygen atoms in total. The summed E-state index contributed by atoms with van der Waals surface area (Å²) in [5.41, 5.74) is 0. The quantitative estimate of drug-likeness (QED) is 0.695. The molecule has 0 aromatic carbocycles. The van der Waals surface area contributed by atoms with E-state index in [1.54, 1.807) is 28.6 Å². The molecule has 1 saturated carbocycles. The largest absolute Gasteiger partial charge is 0.480 e. The Balaban J connectivity index is 1.94. The van der Waals surface area contributed by atoms with Crippen molar-refractivity contribution in [3.8, 4) is 0 Å². The Morgan fingerprint density at radius 2 is 2.00 bits per heavy atom. The Kier molecular flexibility index (Phi) is 5.75. The molecule has 2 amide bonds. The van der Waals surface area contributed by atoms with Crippen molar-refractivity contribution in [3.63, 3.8) is 0 Å². The van der Waals surface area contributed by atoms with Crippen molar-refractivity contribution >= 4 is 23.8 Å². The third-order valence-corrected chi connectivity index (χ3v) is 5.51. The van der Waals surface area contributed by atoms with Gasteiger partial charge in [-0.3, -0.25) is 4.90 Å². The van der Waals surface area contributed by atoms with Crippen LogP contribution in [0, 0.1) is 5.92 Å². The van der Waals surface area contributed by atoms with Crippen LogP contribution in [0.25, 0.3) is 0 Å². The molecule has 0 aromatic rings. The fourth-order valence-electron chi connectivity index (χ4n) is 2.64. The van der Waals surface area contributed by atoms with Gasteiger partial charge in [0, 0.05) is 26.0 Å². The van der Waals surface area contributed by atoms with Gasteiger partial charge in [0.1, 0.15) is 6.04 Å². The molecule has 2 N–H and O–H groups in total. The van der Waals surface area contributed by atoms with Gasteiger partial charge in [-0.2, -0.15) is 0 Å². The Morgan fingerprint density at radius 3 is 2.57 bits per heavy atom. The second kappa shape index (κ2) is 7.35. The highest BCUT2D eigenvalue weighted by atomic mass is 32.2. The lowest BCUT2D eigenvalue weighted by Crippen LogP contribution is -2.51. The van der Waals surface area contributed by atoms with Crippen LogP contribution in [0.4, 0.5) is 4.79 Å². The molecule has 1 aliphatic heterocycles. The summed E-state index contributed by atoms with van der Waals surface area (Å²) in [6.45, 7) is 0.773. The van der Waals surface area contributed by atoms with E-state index in [1.165, 1.54) is 0 Å². The number of nitrogens with zero attached hydrogens (tertiary/aromatic N) is 2. The van der Waals surface area contributed by atoms with Gasteiger partial charge in [-0.25, -0.2) is 9.59 Å². The van der Waals surface area contributed by atoms with Gasteiger partial charge in [0.15, 0.2) is 0 Å². The van der Waals surface area contributed by atoms with Crippen molar-refractivity contribution in [2.45, 2.75) is 43.5 Å². The first-order valence-electron chi connectivity index (χ1n) is 7.55. The summed E-state index contributed by atoms with van der Waals surface area (Å²) < 4.78 is 0. The number of unbranched alkanes of at least 4 members (excludes halogenated alkanes) is 2. The Morgan fingerprint density at radius 1 is 1.29 bits per heavy atom. The Hall–Kier alpha value is -0.950. The summed E-state index contributed by atoms with van der Waals surface area (Å²) in [6.07, 6.45) is 4.62. The van der Waals surface area contributed by atoms with Gasteiger partial charge in [-0.05, 0) is 38.0 Å². The van der Waals surface area contributed by atoms with Crippen LogP contribution in [0.2, 0.25) is 0 Å². The summed E-state index contributed by atoms with van der Waals surface area (Å²) in [4.78, 5) is 27.2. The smallest absolute Gasteiger partial charge is 0.327 e. The molecule has 0 spiro atoms. The van der Waals surface area contributed by atoms with Crippen LogP contribution < -0.4 is 0 Å². The zero-order chi connectivity index (χ0) is 15.4. The molecule has 0 aromatic heterocycles. The number of thioether (sulfide) groups is 1. The molecular formula is C14H24N2O4S. The van der Waals surface area contributed by atoms with Crippen LogP contribution in [0.5, 0.6) is 0 Å². The number of carboxylic acids is 1. The van der Waals surface area contributed by atoms with Crippen LogP contribution in [0.1, 0.15) is 32.1 Å². The number of amides is 2. The minimum absolute atomic E-state index is 0.0264. The Bertz CT molecular complexity index is 389. The number of carbonyl (C=O) groups excluding carboxylic acids is 1. The van der Waals surface area contributed by atoms with Crippen molar-refractivity contribution in [1.82, 2.24) is 9.80 Å². The maximum atomic E-state index is 12.6. The molecule has 0 bridgehead atoms. The SMILES string of the molecule is CN(CCCCCO)C(=O)N1C(C(=O)O)CSC1C1CC1. The van der Waals surface area contributed by atoms with E-state index in [9.17, 15) is 14.7 Å². The van der Waals surface area contributed by atoms with Crippen molar-refractivity contribution in [1.29, 1.82) is 0 Å². The van der Waals surface area contributed by atoms with Gasteiger partial charge in [0.2, 0.25) is 0 Å². The lowest BCUT2D eigenvalue weighted by molar-refractivity contribution is -0.141. The van der Waals surface area contributed by atoms with E-state index in [4.69, 9.17) is 5.11 Å². The summed E-state index contributed by atoms with van der Waals surface area (Å²) >= 11 is 1.60. The monoisotopic (exact) mass is 316 g/mol. The normalized spacial score (nSPS) is 25.1. The highest BCUT2D eigenvalue weighted by Crippen LogP contribution is 2.45. The van der Waals surface area contributed by atoms with Crippen molar-refractivity contribution in [2.24, 2.45) is 5.92 Å². The molecule has 2 aliphatic rings. The van der Waals surface area contributed by atoms with Crippen LogP contribution in [-0.4, -0.2) is 69.4 Å². The number of hydrogen-bond acceptors (Lipinski definition) is 4. The Labute approximate surface area is 129 Å². The number of aliphatic carboxylic acids is 1. The summed E-state index contributed by atoms with van der Waals surface area (Å²) in [6, 6.07) is -0.874. The van der Waals surface area contributed by atoms with Crippen LogP contribution >= 0.6 is 11.8 Å². The van der Waals surface area contributed by atoms with E-state index in [2.05, 4.69) is 0 Å². The van der Waals surface area contributed by atoms with E-state index >= 15 is 0 Å². The molecule has 7 heteroatoms. The maximum absolute atomic E-state index is 12.6. The molecule has 21 heavy (non-hydrogen) atoms. The predicted octanol–water partition coefficient (Wildman–Crippen LogP) is 1.44. The number of carboxylic acid groups (broad SMARTS) is 1. The van der Waals surface area contributed by atoms with Crippen LogP contribution in [-0.2, 0) is 4.79 Å². The molecule has 2 fully saturated rings. The highest BCUT2D eigenvalue weighted by Gasteiger charge is 2.48. The average molecular weight is 316 g/mol. The van der Waals surface area contributed by atoms with E-state index < -0.39 is 12.0 Å². The molecule has 1 aliphatic carbocycles. The summed E-state index contributed by atoms with van der Waals surface area (Å²) in [5.74, 6) is 0.0411. The third-order valence-electron chi connectivity index (χ3n) is 4.04. The lowest BCUT2D eigenvalue weighted by Gasteiger charge is -2.31. The number of hydrogen-bond donors (Lipinski definition) is 2. The van der Waals surface area contributed by atoms with Gasteiger partial charge in [-0.15, -0.1) is 11.8 Å². The molecule has 0 radical (unpaired) electrons. The van der Waals surface area contributed by atoms with Gasteiger partial charge in [0.05, 0.1) is 5.37 Å². The second-order valence-corrected chi connectivity index (χ2v) is 6.96.